The molecule has 7 nitrogen and oxygen atoms in total. The average Bonchev–Trinajstić information content (AvgIpc) is 2.76. The first-order valence-corrected chi connectivity index (χ1v) is 13.3. The molecule has 0 aliphatic heterocycles. The number of hydrogen-bond donors (Lipinski definition) is 0. The predicted molar refractivity (Wildman–Crippen MR) is 149 cm³/mol. The van der Waals surface area contributed by atoms with Crippen LogP contribution in [0.5, 0.6) is 5.75 Å². The van der Waals surface area contributed by atoms with Crippen molar-refractivity contribution >= 4 is 84.2 Å². The molecule has 0 spiro atoms. The van der Waals surface area contributed by atoms with E-state index in [9.17, 15) is 9.59 Å². The SMILES string of the molecule is CCCc1nc2ccc(Br)cc2c(=O)n1N=Cc1cc(I)c(O[C@@H](C)C(=O)OCC)c(I)c1. The molecule has 3 rings (SSSR count). The molecule has 10 heteroatoms. The van der Waals surface area contributed by atoms with Crippen molar-refractivity contribution in [2.45, 2.75) is 39.7 Å². The van der Waals surface area contributed by atoms with Crippen molar-refractivity contribution in [1.82, 2.24) is 9.66 Å². The zero-order valence-electron chi connectivity index (χ0n) is 18.3. The highest BCUT2D eigenvalue weighted by atomic mass is 127. The standard InChI is InChI=1S/C23H22BrI2N3O4/c1-4-6-20-28-19-8-7-15(24)11-16(19)22(30)29(20)27-12-14-9-17(25)21(18(26)10-14)33-13(3)23(31)32-5-2/h7-13H,4-6H2,1-3H3/t13-/m0/s1. The Kier molecular flexibility index (Phi) is 9.27. The van der Waals surface area contributed by atoms with Crippen molar-refractivity contribution in [2.24, 2.45) is 5.10 Å². The summed E-state index contributed by atoms with van der Waals surface area (Å²) in [5.74, 6) is 0.809. The van der Waals surface area contributed by atoms with Crippen molar-refractivity contribution in [2.75, 3.05) is 6.61 Å². The van der Waals surface area contributed by atoms with Gasteiger partial charge in [-0.2, -0.15) is 9.78 Å². The summed E-state index contributed by atoms with van der Waals surface area (Å²) < 4.78 is 14.7. The average molecular weight is 738 g/mol. The second-order valence-electron chi connectivity index (χ2n) is 7.13. The van der Waals surface area contributed by atoms with Gasteiger partial charge in [0.25, 0.3) is 5.56 Å². The topological polar surface area (TPSA) is 82.8 Å². The summed E-state index contributed by atoms with van der Waals surface area (Å²) in [6, 6.07) is 9.22. The Morgan fingerprint density at radius 1 is 1.24 bits per heavy atom. The van der Waals surface area contributed by atoms with Crippen LogP contribution in [-0.4, -0.2) is 34.6 Å². The van der Waals surface area contributed by atoms with E-state index in [2.05, 4.69) is 71.2 Å². The van der Waals surface area contributed by atoms with Crippen LogP contribution >= 0.6 is 61.1 Å². The summed E-state index contributed by atoms with van der Waals surface area (Å²) in [6.45, 7) is 5.75. The number of ether oxygens (including phenoxy) is 2. The Bertz CT molecular complexity index is 1250. The summed E-state index contributed by atoms with van der Waals surface area (Å²) in [7, 11) is 0. The highest BCUT2D eigenvalue weighted by molar-refractivity contribution is 14.1. The van der Waals surface area contributed by atoms with Crippen molar-refractivity contribution in [3.8, 4) is 5.75 Å². The normalized spacial score (nSPS) is 12.3. The van der Waals surface area contributed by atoms with Crippen LogP contribution in [0.15, 0.2) is 44.7 Å². The zero-order valence-corrected chi connectivity index (χ0v) is 24.2. The molecule has 0 unspecified atom stereocenters. The molecule has 1 atom stereocenters. The molecular weight excluding hydrogens is 716 g/mol. The number of benzene rings is 2. The first-order chi connectivity index (χ1) is 15.7. The van der Waals surface area contributed by atoms with E-state index in [0.29, 0.717) is 35.5 Å². The Labute approximate surface area is 227 Å². The minimum absolute atomic E-state index is 0.214. The Morgan fingerprint density at radius 3 is 2.58 bits per heavy atom. The number of carbonyl (C=O) groups is 1. The predicted octanol–water partition coefficient (Wildman–Crippen LogP) is 5.53. The number of fused-ring (bicyclic) bond motifs is 1. The molecular formula is C23H22BrI2N3O4. The van der Waals surface area contributed by atoms with Crippen LogP contribution in [0.3, 0.4) is 0 Å². The fourth-order valence-electron chi connectivity index (χ4n) is 3.07. The van der Waals surface area contributed by atoms with Crippen LogP contribution in [-0.2, 0) is 16.0 Å². The quantitative estimate of drug-likeness (QED) is 0.173. The molecule has 33 heavy (non-hydrogen) atoms. The van der Waals surface area contributed by atoms with Gasteiger partial charge in [0, 0.05) is 10.9 Å². The maximum absolute atomic E-state index is 13.1. The molecule has 0 amide bonds. The van der Waals surface area contributed by atoms with Crippen LogP contribution in [0.2, 0.25) is 0 Å². The van der Waals surface area contributed by atoms with Gasteiger partial charge in [-0.3, -0.25) is 4.79 Å². The lowest BCUT2D eigenvalue weighted by Gasteiger charge is -2.16. The fraction of sp³-hybridized carbons (Fsp3) is 0.304. The minimum atomic E-state index is -0.718. The highest BCUT2D eigenvalue weighted by Gasteiger charge is 2.19. The maximum atomic E-state index is 13.1. The summed E-state index contributed by atoms with van der Waals surface area (Å²) in [5, 5.41) is 4.98. The van der Waals surface area contributed by atoms with E-state index in [0.717, 1.165) is 23.6 Å². The number of aromatic nitrogens is 2. The van der Waals surface area contributed by atoms with E-state index in [-0.39, 0.29) is 5.56 Å². The molecule has 2 aromatic carbocycles. The molecule has 0 aliphatic rings. The van der Waals surface area contributed by atoms with Crippen LogP contribution < -0.4 is 10.3 Å². The van der Waals surface area contributed by atoms with Gasteiger partial charge in [-0.1, -0.05) is 22.9 Å². The molecule has 0 bridgehead atoms. The van der Waals surface area contributed by atoms with Gasteiger partial charge in [-0.05, 0) is 101 Å². The van der Waals surface area contributed by atoms with E-state index in [1.165, 1.54) is 4.68 Å². The molecule has 174 valence electrons. The smallest absolute Gasteiger partial charge is 0.347 e. The largest absolute Gasteiger partial charge is 0.477 e. The lowest BCUT2D eigenvalue weighted by molar-refractivity contribution is -0.150. The monoisotopic (exact) mass is 737 g/mol. The molecule has 0 aliphatic carbocycles. The third-order valence-electron chi connectivity index (χ3n) is 4.61. The van der Waals surface area contributed by atoms with E-state index in [4.69, 9.17) is 9.47 Å². The van der Waals surface area contributed by atoms with Gasteiger partial charge in [0.15, 0.2) is 6.10 Å². The summed E-state index contributed by atoms with van der Waals surface area (Å²) in [6.07, 6.45) is 2.38. The second kappa shape index (κ2) is 11.7. The number of carbonyl (C=O) groups excluding carboxylic acids is 1. The Balaban J connectivity index is 1.96. The fourth-order valence-corrected chi connectivity index (χ4v) is 5.51. The molecule has 1 aromatic heterocycles. The molecule has 0 saturated carbocycles. The van der Waals surface area contributed by atoms with Crippen molar-refractivity contribution in [1.29, 1.82) is 0 Å². The molecule has 0 fully saturated rings. The lowest BCUT2D eigenvalue weighted by atomic mass is 10.2. The maximum Gasteiger partial charge on any atom is 0.347 e. The summed E-state index contributed by atoms with van der Waals surface area (Å²) in [4.78, 5) is 29.7. The van der Waals surface area contributed by atoms with Gasteiger partial charge in [-0.15, -0.1) is 0 Å². The number of nitrogens with zero attached hydrogens (tertiary/aromatic N) is 3. The Hall–Kier alpha value is -1.54. The van der Waals surface area contributed by atoms with Gasteiger partial charge >= 0.3 is 5.97 Å². The zero-order chi connectivity index (χ0) is 24.1. The molecule has 0 saturated heterocycles. The summed E-state index contributed by atoms with van der Waals surface area (Å²) in [5.41, 5.74) is 1.23. The minimum Gasteiger partial charge on any atom is -0.477 e. The van der Waals surface area contributed by atoms with Crippen LogP contribution in [0, 0.1) is 7.14 Å². The van der Waals surface area contributed by atoms with E-state index >= 15 is 0 Å². The van der Waals surface area contributed by atoms with Crippen molar-refractivity contribution in [3.05, 3.63) is 63.7 Å². The van der Waals surface area contributed by atoms with Gasteiger partial charge < -0.3 is 9.47 Å². The van der Waals surface area contributed by atoms with Crippen LogP contribution in [0.1, 0.15) is 38.6 Å². The van der Waals surface area contributed by atoms with Crippen molar-refractivity contribution in [3.63, 3.8) is 0 Å². The number of esters is 1. The first kappa shape index (κ1) is 26.1. The number of aryl methyl sites for hydroxylation is 1. The molecule has 0 N–H and O–H groups in total. The van der Waals surface area contributed by atoms with Gasteiger partial charge in [-0.25, -0.2) is 9.78 Å². The third-order valence-corrected chi connectivity index (χ3v) is 6.70. The van der Waals surface area contributed by atoms with Crippen LogP contribution in [0.25, 0.3) is 10.9 Å². The van der Waals surface area contributed by atoms with Crippen LogP contribution in [0.4, 0.5) is 0 Å². The molecule has 3 aromatic rings. The first-order valence-electron chi connectivity index (χ1n) is 10.3. The lowest BCUT2D eigenvalue weighted by Crippen LogP contribution is -2.26. The number of halogens is 3. The molecule has 1 heterocycles. The van der Waals surface area contributed by atoms with E-state index < -0.39 is 12.1 Å². The van der Waals surface area contributed by atoms with Gasteiger partial charge in [0.2, 0.25) is 0 Å². The highest BCUT2D eigenvalue weighted by Crippen LogP contribution is 2.29. The molecule has 0 radical (unpaired) electrons. The van der Waals surface area contributed by atoms with E-state index in [1.807, 2.05) is 31.2 Å². The Morgan fingerprint density at radius 2 is 1.94 bits per heavy atom. The number of hydrogen-bond acceptors (Lipinski definition) is 6. The van der Waals surface area contributed by atoms with Gasteiger partial charge in [0.05, 0.1) is 30.9 Å². The third kappa shape index (κ3) is 6.32. The summed E-state index contributed by atoms with van der Waals surface area (Å²) >= 11 is 7.73. The second-order valence-corrected chi connectivity index (χ2v) is 10.4. The van der Waals surface area contributed by atoms with Gasteiger partial charge in [0.1, 0.15) is 11.6 Å². The number of rotatable bonds is 8. The van der Waals surface area contributed by atoms with Crippen molar-refractivity contribution < 1.29 is 14.3 Å². The van der Waals surface area contributed by atoms with E-state index in [1.54, 1.807) is 26.1 Å².